The molecule has 3 heterocycles. The summed E-state index contributed by atoms with van der Waals surface area (Å²) >= 11 is 1.20. The number of benzene rings is 2. The fourth-order valence-electron chi connectivity index (χ4n) is 4.55. The molecule has 1 N–H and O–H groups in total. The second-order valence-corrected chi connectivity index (χ2v) is 11.3. The van der Waals surface area contributed by atoms with Gasteiger partial charge in [-0.15, -0.1) is 11.8 Å². The van der Waals surface area contributed by atoms with Gasteiger partial charge < -0.3 is 10.2 Å². The zero-order chi connectivity index (χ0) is 22.3. The molecule has 2 aromatic carbocycles. The van der Waals surface area contributed by atoms with Gasteiger partial charge in [-0.1, -0.05) is 31.0 Å². The highest BCUT2D eigenvalue weighted by Gasteiger charge is 2.37. The molecule has 0 bridgehead atoms. The van der Waals surface area contributed by atoms with E-state index in [0.717, 1.165) is 31.2 Å². The van der Waals surface area contributed by atoms with Crippen LogP contribution in [0.4, 0.5) is 11.4 Å². The van der Waals surface area contributed by atoms with E-state index in [1.807, 2.05) is 24.3 Å². The van der Waals surface area contributed by atoms with Gasteiger partial charge in [0.25, 0.3) is 10.0 Å². The minimum Gasteiger partial charge on any atom is -0.341 e. The highest BCUT2D eigenvalue weighted by molar-refractivity contribution is 8.01. The molecule has 3 aliphatic heterocycles. The molecule has 0 unspecified atom stereocenters. The number of rotatable bonds is 3. The summed E-state index contributed by atoms with van der Waals surface area (Å²) in [4.78, 5) is 28.4. The molecular weight excluding hydrogens is 446 g/mol. The molecule has 0 radical (unpaired) electrons. The van der Waals surface area contributed by atoms with Crippen LogP contribution < -0.4 is 9.62 Å². The van der Waals surface area contributed by atoms with Crippen LogP contribution in [0.3, 0.4) is 0 Å². The molecule has 3 aliphatic rings. The third-order valence-corrected chi connectivity index (χ3v) is 9.34. The zero-order valence-electron chi connectivity index (χ0n) is 17.6. The molecule has 1 fully saturated rings. The molecule has 32 heavy (non-hydrogen) atoms. The number of nitrogens with one attached hydrogen (secondary N) is 1. The third kappa shape index (κ3) is 3.77. The van der Waals surface area contributed by atoms with Gasteiger partial charge in [0.15, 0.2) is 5.25 Å². The average molecular weight is 472 g/mol. The molecule has 1 atom stereocenters. The van der Waals surface area contributed by atoms with Crippen molar-refractivity contribution in [3.05, 3.63) is 48.0 Å². The van der Waals surface area contributed by atoms with Gasteiger partial charge in [0, 0.05) is 24.5 Å². The van der Waals surface area contributed by atoms with Crippen molar-refractivity contribution in [3.8, 4) is 0 Å². The van der Waals surface area contributed by atoms with E-state index in [-0.39, 0.29) is 10.8 Å². The molecule has 0 aromatic heterocycles. The van der Waals surface area contributed by atoms with Crippen LogP contribution in [-0.4, -0.2) is 50.0 Å². The highest BCUT2D eigenvalue weighted by atomic mass is 32.2. The maximum absolute atomic E-state index is 13.3. The van der Waals surface area contributed by atoms with Gasteiger partial charge in [0.1, 0.15) is 0 Å². The van der Waals surface area contributed by atoms with Crippen molar-refractivity contribution < 1.29 is 18.0 Å². The van der Waals surface area contributed by atoms with Crippen LogP contribution in [0, 0.1) is 0 Å². The Balaban J connectivity index is 1.39. The van der Waals surface area contributed by atoms with Gasteiger partial charge in [0.2, 0.25) is 11.8 Å². The van der Waals surface area contributed by atoms with E-state index in [1.165, 1.54) is 22.1 Å². The number of carbonyl (C=O) groups is 2. The van der Waals surface area contributed by atoms with E-state index in [0.29, 0.717) is 42.3 Å². The predicted molar refractivity (Wildman–Crippen MR) is 124 cm³/mol. The van der Waals surface area contributed by atoms with Crippen molar-refractivity contribution in [1.82, 2.24) is 4.90 Å². The van der Waals surface area contributed by atoms with Gasteiger partial charge in [0.05, 0.1) is 16.3 Å². The Hall–Kier alpha value is -2.52. The largest absolute Gasteiger partial charge is 0.341 e. The fraction of sp³-hybridized carbons (Fsp3) is 0.391. The summed E-state index contributed by atoms with van der Waals surface area (Å²) in [5, 5.41) is 1.94. The van der Waals surface area contributed by atoms with E-state index >= 15 is 0 Å². The Labute approximate surface area is 192 Å². The van der Waals surface area contributed by atoms with Crippen molar-refractivity contribution in [2.75, 3.05) is 29.3 Å². The molecule has 0 aliphatic carbocycles. The van der Waals surface area contributed by atoms with Gasteiger partial charge in [-0.3, -0.25) is 13.9 Å². The summed E-state index contributed by atoms with van der Waals surface area (Å²) in [6.45, 7) is 1.77. The summed E-state index contributed by atoms with van der Waals surface area (Å²) < 4.78 is 28.1. The minimum absolute atomic E-state index is 0.131. The summed E-state index contributed by atoms with van der Waals surface area (Å²) in [5.41, 5.74) is 2.15. The van der Waals surface area contributed by atoms with E-state index in [2.05, 4.69) is 5.32 Å². The number of nitrogens with zero attached hydrogens (tertiary/aromatic N) is 2. The lowest BCUT2D eigenvalue weighted by molar-refractivity contribution is -0.133. The van der Waals surface area contributed by atoms with Gasteiger partial charge in [-0.2, -0.15) is 0 Å². The van der Waals surface area contributed by atoms with Gasteiger partial charge in [-0.05, 0) is 49.1 Å². The molecule has 1 saturated heterocycles. The van der Waals surface area contributed by atoms with Crippen molar-refractivity contribution >= 4 is 45.0 Å². The molecule has 2 amide bonds. The number of carbonyl (C=O) groups excluding carboxylic acids is 2. The topological polar surface area (TPSA) is 86.8 Å². The first-order valence-electron chi connectivity index (χ1n) is 11.0. The van der Waals surface area contributed by atoms with Crippen LogP contribution in [0.15, 0.2) is 52.3 Å². The number of para-hydroxylation sites is 1. The predicted octanol–water partition coefficient (Wildman–Crippen LogP) is 3.25. The van der Waals surface area contributed by atoms with Crippen molar-refractivity contribution in [2.45, 2.75) is 47.1 Å². The molecule has 2 aromatic rings. The Morgan fingerprint density at radius 1 is 1.00 bits per heavy atom. The Bertz CT molecular complexity index is 1170. The molecule has 7 nitrogen and oxygen atoms in total. The second-order valence-electron chi connectivity index (χ2n) is 8.34. The molecule has 0 saturated carbocycles. The van der Waals surface area contributed by atoms with Crippen LogP contribution in [0.25, 0.3) is 0 Å². The summed E-state index contributed by atoms with van der Waals surface area (Å²) in [6.07, 6.45) is 4.81. The van der Waals surface area contributed by atoms with Crippen LogP contribution >= 0.6 is 11.8 Å². The highest BCUT2D eigenvalue weighted by Crippen LogP contribution is 2.39. The van der Waals surface area contributed by atoms with Crippen molar-refractivity contribution in [1.29, 1.82) is 0 Å². The van der Waals surface area contributed by atoms with Crippen molar-refractivity contribution in [2.24, 2.45) is 0 Å². The number of hydrogen-bond acceptors (Lipinski definition) is 5. The van der Waals surface area contributed by atoms with E-state index in [4.69, 9.17) is 0 Å². The van der Waals surface area contributed by atoms with Crippen LogP contribution in [0.2, 0.25) is 0 Å². The molecule has 0 spiro atoms. The molecule has 168 valence electrons. The number of hydrogen-bond donors (Lipinski definition) is 1. The number of thioether (sulfide) groups is 1. The van der Waals surface area contributed by atoms with Gasteiger partial charge in [-0.25, -0.2) is 8.42 Å². The lowest BCUT2D eigenvalue weighted by Gasteiger charge is -2.29. The number of anilines is 2. The Morgan fingerprint density at radius 2 is 1.75 bits per heavy atom. The third-order valence-electron chi connectivity index (χ3n) is 6.27. The summed E-state index contributed by atoms with van der Waals surface area (Å²) in [6, 6.07) is 12.2. The van der Waals surface area contributed by atoms with Crippen LogP contribution in [-0.2, 0) is 26.0 Å². The van der Waals surface area contributed by atoms with E-state index in [9.17, 15) is 18.0 Å². The number of sulfonamides is 1. The smallest absolute Gasteiger partial charge is 0.264 e. The lowest BCUT2D eigenvalue weighted by Crippen LogP contribution is -2.45. The summed E-state index contributed by atoms with van der Waals surface area (Å²) in [7, 11) is -3.76. The lowest BCUT2D eigenvalue weighted by atomic mass is 10.2. The summed E-state index contributed by atoms with van der Waals surface area (Å²) in [5.74, 6) is -0.553. The van der Waals surface area contributed by atoms with E-state index < -0.39 is 21.2 Å². The normalized spacial score (nSPS) is 20.9. The van der Waals surface area contributed by atoms with Crippen LogP contribution in [0.5, 0.6) is 0 Å². The quantitative estimate of drug-likeness (QED) is 0.695. The first-order valence-corrected chi connectivity index (χ1v) is 13.3. The Morgan fingerprint density at radius 3 is 2.53 bits per heavy atom. The number of amides is 2. The monoisotopic (exact) mass is 471 g/mol. The first-order chi connectivity index (χ1) is 15.4. The van der Waals surface area contributed by atoms with Crippen molar-refractivity contribution in [3.63, 3.8) is 0 Å². The first kappa shape index (κ1) is 21.3. The van der Waals surface area contributed by atoms with Crippen LogP contribution in [0.1, 0.15) is 31.2 Å². The molecular formula is C23H25N3O4S2. The van der Waals surface area contributed by atoms with E-state index in [1.54, 1.807) is 17.0 Å². The zero-order valence-corrected chi connectivity index (χ0v) is 19.3. The maximum Gasteiger partial charge on any atom is 0.264 e. The number of likely N-dealkylation sites (tertiary alicyclic amines) is 1. The Kier molecular flexibility index (Phi) is 5.63. The minimum atomic E-state index is -3.76. The second kappa shape index (κ2) is 8.44. The average Bonchev–Trinajstić information content (AvgIpc) is 3.05. The molecule has 5 rings (SSSR count). The fourth-order valence-corrected chi connectivity index (χ4v) is 7.14. The molecule has 9 heteroatoms. The SMILES string of the molecule is O=C1Nc2cc(S(=O)(=O)N3CCc4ccccc43)ccc2S[C@H]1C(=O)N1CCCCCC1. The maximum atomic E-state index is 13.3. The number of fused-ring (bicyclic) bond motifs is 2. The standard InChI is InChI=1S/C23H25N3O4S2/c27-22-21(23(28)25-12-5-1-2-6-13-25)31-20-10-9-17(15-18(20)24-22)32(29,30)26-14-11-16-7-3-4-8-19(16)26/h3-4,7-10,15,21H,1-2,5-6,11-14H2,(H,24,27)/t21-/m1/s1. The van der Waals surface area contributed by atoms with Gasteiger partial charge >= 0.3 is 0 Å².